The second-order valence-electron chi connectivity index (χ2n) is 3.32. The number of aliphatic hydroxyl groups excluding tert-OH is 1. The van der Waals surface area contributed by atoms with Crippen molar-refractivity contribution >= 4 is 0 Å². The number of hydrogen-bond donors (Lipinski definition) is 1. The summed E-state index contributed by atoms with van der Waals surface area (Å²) in [6.45, 7) is 4.02. The van der Waals surface area contributed by atoms with Gasteiger partial charge >= 0.3 is 0 Å². The molecule has 0 aliphatic carbocycles. The Morgan fingerprint density at radius 3 is 2.79 bits per heavy atom. The minimum absolute atomic E-state index is 0.189. The maximum atomic E-state index is 9.86. The third-order valence-corrected chi connectivity index (χ3v) is 2.36. The van der Waals surface area contributed by atoms with Crippen LogP contribution in [-0.4, -0.2) is 22.2 Å². The van der Waals surface area contributed by atoms with Crippen molar-refractivity contribution in [1.29, 1.82) is 0 Å². The normalized spacial score (nSPS) is 14.9. The minimum Gasteiger partial charge on any atom is -0.481 e. The Morgan fingerprint density at radius 2 is 2.21 bits per heavy atom. The molecular weight excluding hydrogens is 180 g/mol. The average molecular weight is 196 g/mol. The van der Waals surface area contributed by atoms with Crippen LogP contribution in [0.25, 0.3) is 0 Å². The van der Waals surface area contributed by atoms with Gasteiger partial charge in [-0.15, -0.1) is 0 Å². The van der Waals surface area contributed by atoms with E-state index in [0.29, 0.717) is 11.6 Å². The molecule has 0 fully saturated rings. The molecule has 0 spiro atoms. The largest absolute Gasteiger partial charge is 0.481 e. The zero-order valence-corrected chi connectivity index (χ0v) is 8.77. The first kappa shape index (κ1) is 10.9. The maximum absolute atomic E-state index is 9.86. The standard InChI is InChI=1S/C10H16N2O2/c1-4-7(2)10(13)8-5-9(14-3)12-6-11-8/h5-7,10,13H,4H2,1-3H3. The van der Waals surface area contributed by atoms with E-state index in [2.05, 4.69) is 9.97 Å². The van der Waals surface area contributed by atoms with Crippen LogP contribution in [0, 0.1) is 5.92 Å². The predicted octanol–water partition coefficient (Wildman–Crippen LogP) is 1.56. The topological polar surface area (TPSA) is 55.2 Å². The van der Waals surface area contributed by atoms with E-state index in [-0.39, 0.29) is 5.92 Å². The maximum Gasteiger partial charge on any atom is 0.216 e. The molecule has 1 heterocycles. The van der Waals surface area contributed by atoms with Gasteiger partial charge in [-0.3, -0.25) is 0 Å². The summed E-state index contributed by atoms with van der Waals surface area (Å²) in [5.41, 5.74) is 0.617. The smallest absolute Gasteiger partial charge is 0.216 e. The third kappa shape index (κ3) is 2.42. The number of rotatable bonds is 4. The van der Waals surface area contributed by atoms with E-state index >= 15 is 0 Å². The zero-order valence-electron chi connectivity index (χ0n) is 8.77. The highest BCUT2D eigenvalue weighted by molar-refractivity contribution is 5.15. The Labute approximate surface area is 84.0 Å². The van der Waals surface area contributed by atoms with Gasteiger partial charge in [0.25, 0.3) is 0 Å². The van der Waals surface area contributed by atoms with Crippen LogP contribution in [-0.2, 0) is 0 Å². The first-order valence-electron chi connectivity index (χ1n) is 4.73. The second kappa shape index (κ2) is 4.91. The lowest BCUT2D eigenvalue weighted by molar-refractivity contribution is 0.111. The quantitative estimate of drug-likeness (QED) is 0.794. The zero-order chi connectivity index (χ0) is 10.6. The summed E-state index contributed by atoms with van der Waals surface area (Å²) in [6, 6.07) is 1.66. The van der Waals surface area contributed by atoms with Crippen molar-refractivity contribution in [2.75, 3.05) is 7.11 Å². The first-order chi connectivity index (χ1) is 6.69. The third-order valence-electron chi connectivity index (χ3n) is 2.36. The van der Waals surface area contributed by atoms with E-state index in [4.69, 9.17) is 4.74 Å². The molecule has 1 rings (SSSR count). The average Bonchev–Trinajstić information content (AvgIpc) is 2.27. The summed E-state index contributed by atoms with van der Waals surface area (Å²) in [4.78, 5) is 7.90. The van der Waals surface area contributed by atoms with E-state index in [9.17, 15) is 5.11 Å². The van der Waals surface area contributed by atoms with Gasteiger partial charge in [0.2, 0.25) is 5.88 Å². The number of ether oxygens (including phenoxy) is 1. The second-order valence-corrected chi connectivity index (χ2v) is 3.32. The molecule has 1 N–H and O–H groups in total. The van der Waals surface area contributed by atoms with E-state index in [1.165, 1.54) is 6.33 Å². The van der Waals surface area contributed by atoms with Crippen molar-refractivity contribution in [1.82, 2.24) is 9.97 Å². The van der Waals surface area contributed by atoms with Crippen molar-refractivity contribution in [3.05, 3.63) is 18.1 Å². The molecule has 0 bridgehead atoms. The number of aliphatic hydroxyl groups is 1. The summed E-state index contributed by atoms with van der Waals surface area (Å²) in [5, 5.41) is 9.86. The predicted molar refractivity (Wildman–Crippen MR) is 53.0 cm³/mol. The summed E-state index contributed by atoms with van der Waals surface area (Å²) >= 11 is 0. The van der Waals surface area contributed by atoms with Gasteiger partial charge in [-0.05, 0) is 5.92 Å². The molecule has 0 radical (unpaired) electrons. The fraction of sp³-hybridized carbons (Fsp3) is 0.600. The lowest BCUT2D eigenvalue weighted by atomic mass is 9.99. The van der Waals surface area contributed by atoms with Gasteiger partial charge in [-0.1, -0.05) is 20.3 Å². The van der Waals surface area contributed by atoms with Gasteiger partial charge in [0.15, 0.2) is 0 Å². The highest BCUT2D eigenvalue weighted by Crippen LogP contribution is 2.23. The van der Waals surface area contributed by atoms with E-state index in [0.717, 1.165) is 6.42 Å². The fourth-order valence-electron chi connectivity index (χ4n) is 1.14. The van der Waals surface area contributed by atoms with Crippen molar-refractivity contribution in [2.45, 2.75) is 26.4 Å². The fourth-order valence-corrected chi connectivity index (χ4v) is 1.14. The molecule has 0 aliphatic heterocycles. The van der Waals surface area contributed by atoms with E-state index in [1.807, 2.05) is 13.8 Å². The van der Waals surface area contributed by atoms with Crippen LogP contribution in [0.15, 0.2) is 12.4 Å². The van der Waals surface area contributed by atoms with Crippen LogP contribution in [0.5, 0.6) is 5.88 Å². The number of methoxy groups -OCH3 is 1. The van der Waals surface area contributed by atoms with Crippen molar-refractivity contribution in [3.8, 4) is 5.88 Å². The Kier molecular flexibility index (Phi) is 3.83. The van der Waals surface area contributed by atoms with Gasteiger partial charge in [0.1, 0.15) is 6.33 Å². The highest BCUT2D eigenvalue weighted by atomic mass is 16.5. The van der Waals surface area contributed by atoms with Crippen molar-refractivity contribution in [2.24, 2.45) is 5.92 Å². The molecule has 2 atom stereocenters. The number of hydrogen-bond acceptors (Lipinski definition) is 4. The van der Waals surface area contributed by atoms with Gasteiger partial charge in [0.05, 0.1) is 18.9 Å². The van der Waals surface area contributed by atoms with Gasteiger partial charge in [-0.25, -0.2) is 9.97 Å². The highest BCUT2D eigenvalue weighted by Gasteiger charge is 2.16. The lowest BCUT2D eigenvalue weighted by Crippen LogP contribution is -2.10. The SMILES string of the molecule is CCC(C)C(O)c1cc(OC)ncn1. The molecule has 4 nitrogen and oxygen atoms in total. The Bertz CT molecular complexity index is 291. The molecule has 14 heavy (non-hydrogen) atoms. The molecule has 78 valence electrons. The monoisotopic (exact) mass is 196 g/mol. The number of aromatic nitrogens is 2. The Hall–Kier alpha value is -1.16. The molecule has 0 saturated carbocycles. The molecular formula is C10H16N2O2. The van der Waals surface area contributed by atoms with Gasteiger partial charge < -0.3 is 9.84 Å². The summed E-state index contributed by atoms with van der Waals surface area (Å²) in [7, 11) is 1.54. The first-order valence-corrected chi connectivity index (χ1v) is 4.73. The summed E-state index contributed by atoms with van der Waals surface area (Å²) in [6.07, 6.45) is 1.77. The minimum atomic E-state index is -0.545. The number of nitrogens with zero attached hydrogens (tertiary/aromatic N) is 2. The van der Waals surface area contributed by atoms with Crippen LogP contribution in [0.4, 0.5) is 0 Å². The summed E-state index contributed by atoms with van der Waals surface area (Å²) in [5.74, 6) is 0.673. The van der Waals surface area contributed by atoms with Gasteiger partial charge in [-0.2, -0.15) is 0 Å². The van der Waals surface area contributed by atoms with Crippen LogP contribution in [0.1, 0.15) is 32.1 Å². The van der Waals surface area contributed by atoms with Crippen LogP contribution < -0.4 is 4.74 Å². The molecule has 1 aromatic rings. The van der Waals surface area contributed by atoms with E-state index < -0.39 is 6.10 Å². The van der Waals surface area contributed by atoms with Crippen LogP contribution in [0.3, 0.4) is 0 Å². The molecule has 1 aromatic heterocycles. The van der Waals surface area contributed by atoms with Crippen molar-refractivity contribution < 1.29 is 9.84 Å². The molecule has 4 heteroatoms. The molecule has 0 aliphatic rings. The molecule has 2 unspecified atom stereocenters. The van der Waals surface area contributed by atoms with Crippen LogP contribution in [0.2, 0.25) is 0 Å². The lowest BCUT2D eigenvalue weighted by Gasteiger charge is -2.16. The molecule has 0 aromatic carbocycles. The van der Waals surface area contributed by atoms with Crippen molar-refractivity contribution in [3.63, 3.8) is 0 Å². The summed E-state index contributed by atoms with van der Waals surface area (Å²) < 4.78 is 4.96. The Balaban J connectivity index is 2.83. The molecule has 0 amide bonds. The molecule has 0 saturated heterocycles. The van der Waals surface area contributed by atoms with Gasteiger partial charge in [0, 0.05) is 6.07 Å². The van der Waals surface area contributed by atoms with Crippen LogP contribution >= 0.6 is 0 Å². The Morgan fingerprint density at radius 1 is 1.50 bits per heavy atom. The van der Waals surface area contributed by atoms with E-state index in [1.54, 1.807) is 13.2 Å².